The molecule has 2 heterocycles. The van der Waals surface area contributed by atoms with Crippen LogP contribution >= 0.6 is 11.3 Å². The summed E-state index contributed by atoms with van der Waals surface area (Å²) in [6.45, 7) is 7.33. The maximum Gasteiger partial charge on any atom is 0.323 e. The van der Waals surface area contributed by atoms with E-state index in [0.29, 0.717) is 18.2 Å². The van der Waals surface area contributed by atoms with Gasteiger partial charge < -0.3 is 10.0 Å². The van der Waals surface area contributed by atoms with Gasteiger partial charge in [0.25, 0.3) is 0 Å². The van der Waals surface area contributed by atoms with Gasteiger partial charge in [0.2, 0.25) is 0 Å². The second kappa shape index (κ2) is 7.72. The lowest BCUT2D eigenvalue weighted by molar-refractivity contribution is 0.0766. The van der Waals surface area contributed by atoms with Gasteiger partial charge in [-0.1, -0.05) is 13.8 Å². The molecule has 2 amide bonds. The minimum atomic E-state index is -0.0799. The summed E-state index contributed by atoms with van der Waals surface area (Å²) in [4.78, 5) is 21.6. The number of rotatable bonds is 5. The molecule has 0 saturated carbocycles. The number of nitrogens with zero attached hydrogens (tertiary/aromatic N) is 3. The molecule has 1 saturated heterocycles. The molecule has 0 bridgehead atoms. The van der Waals surface area contributed by atoms with Crippen molar-refractivity contribution in [2.75, 3.05) is 38.1 Å². The summed E-state index contributed by atoms with van der Waals surface area (Å²) in [5.41, 5.74) is 0. The summed E-state index contributed by atoms with van der Waals surface area (Å²) in [7, 11) is 0. The Labute approximate surface area is 129 Å². The first kappa shape index (κ1) is 16.2. The third-order valence-electron chi connectivity index (χ3n) is 3.92. The number of anilines is 1. The lowest BCUT2D eigenvalue weighted by Crippen LogP contribution is -2.53. The van der Waals surface area contributed by atoms with Crippen LogP contribution in [0.1, 0.15) is 25.1 Å². The normalized spacial score (nSPS) is 17.8. The van der Waals surface area contributed by atoms with Crippen molar-refractivity contribution in [2.24, 2.45) is 0 Å². The number of amides is 2. The molecule has 0 aromatic carbocycles. The first-order valence-electron chi connectivity index (χ1n) is 7.53. The topological polar surface area (TPSA) is 68.7 Å². The van der Waals surface area contributed by atoms with Gasteiger partial charge in [-0.05, 0) is 12.8 Å². The van der Waals surface area contributed by atoms with Crippen molar-refractivity contribution in [3.63, 3.8) is 0 Å². The van der Waals surface area contributed by atoms with Gasteiger partial charge in [0.15, 0.2) is 5.13 Å². The quantitative estimate of drug-likeness (QED) is 0.867. The van der Waals surface area contributed by atoms with Crippen LogP contribution < -0.4 is 5.32 Å². The van der Waals surface area contributed by atoms with E-state index in [9.17, 15) is 9.90 Å². The van der Waals surface area contributed by atoms with Crippen molar-refractivity contribution >= 4 is 22.5 Å². The van der Waals surface area contributed by atoms with Crippen LogP contribution in [0.4, 0.5) is 9.93 Å². The maximum atomic E-state index is 12.2. The highest BCUT2D eigenvalue weighted by molar-refractivity contribution is 7.15. The van der Waals surface area contributed by atoms with Crippen LogP contribution in [0, 0.1) is 0 Å². The van der Waals surface area contributed by atoms with Crippen molar-refractivity contribution in [3.05, 3.63) is 11.1 Å². The van der Waals surface area contributed by atoms with Crippen LogP contribution in [0.25, 0.3) is 0 Å². The third kappa shape index (κ3) is 4.15. The predicted octanol–water partition coefficient (Wildman–Crippen LogP) is 1.63. The number of aliphatic hydroxyl groups excluding tert-OH is 1. The largest absolute Gasteiger partial charge is 0.395 e. The van der Waals surface area contributed by atoms with Gasteiger partial charge in [-0.3, -0.25) is 10.2 Å². The molecule has 1 aromatic rings. The Morgan fingerprint density at radius 3 is 2.67 bits per heavy atom. The molecule has 0 aliphatic carbocycles. The van der Waals surface area contributed by atoms with Gasteiger partial charge in [-0.15, -0.1) is 11.3 Å². The highest BCUT2D eigenvalue weighted by atomic mass is 32.1. The predicted molar refractivity (Wildman–Crippen MR) is 84.8 cm³/mol. The first-order chi connectivity index (χ1) is 10.2. The Bertz CT molecular complexity index is 454. The SMILES string of the molecule is CCc1cnc(NC(=O)N2CCN([C@H](CC)CO)CC2)s1. The lowest BCUT2D eigenvalue weighted by Gasteiger charge is -2.38. The molecule has 1 aromatic heterocycles. The fourth-order valence-corrected chi connectivity index (χ4v) is 3.23. The molecule has 1 atom stereocenters. The Balaban J connectivity index is 1.82. The monoisotopic (exact) mass is 312 g/mol. The van der Waals surface area contributed by atoms with Gasteiger partial charge in [-0.2, -0.15) is 0 Å². The van der Waals surface area contributed by atoms with Gasteiger partial charge in [0.1, 0.15) is 0 Å². The molecule has 0 spiro atoms. The molecular formula is C14H24N4O2S. The molecule has 2 rings (SSSR count). The summed E-state index contributed by atoms with van der Waals surface area (Å²) < 4.78 is 0. The molecule has 2 N–H and O–H groups in total. The second-order valence-corrected chi connectivity index (χ2v) is 6.30. The molecule has 0 unspecified atom stereocenters. The van der Waals surface area contributed by atoms with Crippen molar-refractivity contribution in [2.45, 2.75) is 32.7 Å². The zero-order valence-electron chi connectivity index (χ0n) is 12.7. The van der Waals surface area contributed by atoms with E-state index in [-0.39, 0.29) is 18.7 Å². The van der Waals surface area contributed by atoms with Crippen LogP contribution in [-0.2, 0) is 6.42 Å². The number of aryl methyl sites for hydroxylation is 1. The number of hydrogen-bond acceptors (Lipinski definition) is 5. The van der Waals surface area contributed by atoms with Crippen LogP contribution in [-0.4, -0.2) is 64.7 Å². The average molecular weight is 312 g/mol. The summed E-state index contributed by atoms with van der Waals surface area (Å²) in [5.74, 6) is 0. The number of thiazole rings is 1. The van der Waals surface area contributed by atoms with Crippen molar-refractivity contribution < 1.29 is 9.90 Å². The van der Waals surface area contributed by atoms with E-state index in [0.717, 1.165) is 25.9 Å². The van der Waals surface area contributed by atoms with E-state index in [1.165, 1.54) is 16.2 Å². The van der Waals surface area contributed by atoms with Crippen molar-refractivity contribution in [1.82, 2.24) is 14.8 Å². The van der Waals surface area contributed by atoms with E-state index in [4.69, 9.17) is 0 Å². The molecule has 1 aliphatic rings. The number of hydrogen-bond donors (Lipinski definition) is 2. The zero-order valence-corrected chi connectivity index (χ0v) is 13.5. The van der Waals surface area contributed by atoms with Crippen molar-refractivity contribution in [3.8, 4) is 0 Å². The molecule has 21 heavy (non-hydrogen) atoms. The fourth-order valence-electron chi connectivity index (χ4n) is 2.49. The number of aromatic nitrogens is 1. The minimum Gasteiger partial charge on any atom is -0.395 e. The number of carbonyl (C=O) groups is 1. The molecule has 1 fully saturated rings. The molecular weight excluding hydrogens is 288 g/mol. The summed E-state index contributed by atoms with van der Waals surface area (Å²) in [6.07, 6.45) is 3.68. The molecule has 6 nitrogen and oxygen atoms in total. The van der Waals surface area contributed by atoms with E-state index in [1.54, 1.807) is 0 Å². The van der Waals surface area contributed by atoms with E-state index >= 15 is 0 Å². The number of aliphatic hydroxyl groups is 1. The van der Waals surface area contributed by atoms with Gasteiger partial charge in [0, 0.05) is 43.3 Å². The van der Waals surface area contributed by atoms with Crippen molar-refractivity contribution in [1.29, 1.82) is 0 Å². The summed E-state index contributed by atoms with van der Waals surface area (Å²) in [5, 5.41) is 12.9. The van der Waals surface area contributed by atoms with Gasteiger partial charge >= 0.3 is 6.03 Å². The Morgan fingerprint density at radius 2 is 2.14 bits per heavy atom. The van der Waals surface area contributed by atoms with Crippen LogP contribution in [0.5, 0.6) is 0 Å². The maximum absolute atomic E-state index is 12.2. The Morgan fingerprint density at radius 1 is 1.43 bits per heavy atom. The van der Waals surface area contributed by atoms with E-state index in [1.807, 2.05) is 11.1 Å². The van der Waals surface area contributed by atoms with E-state index in [2.05, 4.69) is 29.0 Å². The smallest absolute Gasteiger partial charge is 0.323 e. The first-order valence-corrected chi connectivity index (χ1v) is 8.35. The Kier molecular flexibility index (Phi) is 5.96. The number of piperazine rings is 1. The van der Waals surface area contributed by atoms with Crippen LogP contribution in [0.2, 0.25) is 0 Å². The molecule has 118 valence electrons. The highest BCUT2D eigenvalue weighted by Crippen LogP contribution is 2.19. The third-order valence-corrected chi connectivity index (χ3v) is 4.97. The standard InChI is InChI=1S/C14H24N4O2S/c1-3-11(10-19)17-5-7-18(8-6-17)14(20)16-13-15-9-12(4-2)21-13/h9,11,19H,3-8,10H2,1-2H3,(H,15,16,20)/t11-/m1/s1. The molecule has 1 aliphatic heterocycles. The lowest BCUT2D eigenvalue weighted by atomic mass is 10.2. The summed E-state index contributed by atoms with van der Waals surface area (Å²) >= 11 is 1.52. The van der Waals surface area contributed by atoms with E-state index < -0.39 is 0 Å². The Hall–Kier alpha value is -1.18. The van der Waals surface area contributed by atoms with Gasteiger partial charge in [0.05, 0.1) is 6.61 Å². The fraction of sp³-hybridized carbons (Fsp3) is 0.714. The van der Waals surface area contributed by atoms with Crippen LogP contribution in [0.15, 0.2) is 6.20 Å². The average Bonchev–Trinajstić information content (AvgIpc) is 2.97. The number of nitrogens with one attached hydrogen (secondary N) is 1. The number of carbonyl (C=O) groups excluding carboxylic acids is 1. The van der Waals surface area contributed by atoms with Gasteiger partial charge in [-0.25, -0.2) is 9.78 Å². The minimum absolute atomic E-state index is 0.0799. The summed E-state index contributed by atoms with van der Waals surface area (Å²) in [6, 6.07) is 0.130. The molecule has 0 radical (unpaired) electrons. The zero-order chi connectivity index (χ0) is 15.2. The molecule has 7 heteroatoms. The number of urea groups is 1. The highest BCUT2D eigenvalue weighted by Gasteiger charge is 2.25. The van der Waals surface area contributed by atoms with Crippen LogP contribution in [0.3, 0.4) is 0 Å². The second-order valence-electron chi connectivity index (χ2n) is 5.18.